The second kappa shape index (κ2) is 8.89. The van der Waals surface area contributed by atoms with Gasteiger partial charge in [0.15, 0.2) is 11.4 Å². The monoisotopic (exact) mass is 547 g/mol. The van der Waals surface area contributed by atoms with Gasteiger partial charge in [-0.1, -0.05) is 18.2 Å². The number of hydrogen-bond acceptors (Lipinski definition) is 9. The van der Waals surface area contributed by atoms with Gasteiger partial charge in [-0.25, -0.2) is 0 Å². The summed E-state index contributed by atoms with van der Waals surface area (Å²) < 4.78 is 0. The van der Waals surface area contributed by atoms with E-state index in [1.165, 1.54) is 4.90 Å². The molecule has 1 heterocycles. The average molecular weight is 548 g/mol. The lowest BCUT2D eigenvalue weighted by molar-refractivity contribution is -0.148. The lowest BCUT2D eigenvalue weighted by atomic mass is 9.58. The van der Waals surface area contributed by atoms with Gasteiger partial charge < -0.3 is 26.2 Å². The summed E-state index contributed by atoms with van der Waals surface area (Å²) in [5, 5.41) is 46.7. The fourth-order valence-corrected chi connectivity index (χ4v) is 7.20. The van der Waals surface area contributed by atoms with Crippen LogP contribution in [0.25, 0.3) is 10.8 Å². The first-order chi connectivity index (χ1) is 18.9. The van der Waals surface area contributed by atoms with Crippen molar-refractivity contribution in [2.75, 3.05) is 20.6 Å². The summed E-state index contributed by atoms with van der Waals surface area (Å²) in [5.41, 5.74) is 3.41. The maximum atomic E-state index is 13.9. The molecule has 1 saturated heterocycles. The number of benzene rings is 2. The molecule has 1 amide bonds. The zero-order valence-corrected chi connectivity index (χ0v) is 22.6. The minimum atomic E-state index is -2.64. The van der Waals surface area contributed by atoms with E-state index in [0.717, 1.165) is 30.5 Å². The number of nitrogens with zero attached hydrogens (tertiary/aromatic N) is 2. The largest absolute Gasteiger partial charge is 0.510 e. The fourth-order valence-electron chi connectivity index (χ4n) is 7.20. The third-order valence-electron chi connectivity index (χ3n) is 9.43. The molecule has 1 fully saturated rings. The van der Waals surface area contributed by atoms with Crippen LogP contribution in [0, 0.1) is 11.8 Å². The first-order valence-corrected chi connectivity index (χ1v) is 13.5. The van der Waals surface area contributed by atoms with E-state index in [1.54, 1.807) is 14.1 Å². The summed E-state index contributed by atoms with van der Waals surface area (Å²) in [5.74, 6) is -6.43. The van der Waals surface area contributed by atoms with Crippen molar-refractivity contribution in [2.24, 2.45) is 17.6 Å². The van der Waals surface area contributed by atoms with E-state index in [9.17, 15) is 34.8 Å². The number of ketones is 2. The number of carbonyl (C=O) groups is 3. The molecule has 5 atom stereocenters. The van der Waals surface area contributed by atoms with Crippen LogP contribution in [0.2, 0.25) is 0 Å². The smallest absolute Gasteiger partial charge is 0.255 e. The molecule has 3 aliphatic carbocycles. The third kappa shape index (κ3) is 3.49. The molecule has 40 heavy (non-hydrogen) atoms. The maximum absolute atomic E-state index is 13.9. The molecular weight excluding hydrogens is 514 g/mol. The molecule has 1 unspecified atom stereocenters. The van der Waals surface area contributed by atoms with Gasteiger partial charge in [-0.15, -0.1) is 0 Å². The molecule has 0 aromatic heterocycles. The SMILES string of the molecule is CC1CCN1Cc1ccc2cc3c(c(O)c2c1)C(=O)C1=C(O)[C@]2(O)C(=O)C(C(N)=O)=C(O)[C@@H](N(C)C)[C@@H]2C[C@@H]1C3. The molecule has 210 valence electrons. The van der Waals surface area contributed by atoms with Gasteiger partial charge in [0.1, 0.15) is 22.8 Å². The minimum absolute atomic E-state index is 0.0303. The zero-order valence-electron chi connectivity index (χ0n) is 22.6. The Balaban J connectivity index is 1.48. The molecule has 10 nitrogen and oxygen atoms in total. The highest BCUT2D eigenvalue weighted by Gasteiger charge is 2.63. The van der Waals surface area contributed by atoms with Crippen LogP contribution in [-0.2, 0) is 22.6 Å². The Labute approximate surface area is 231 Å². The summed E-state index contributed by atoms with van der Waals surface area (Å²) in [4.78, 5) is 43.3. The van der Waals surface area contributed by atoms with Gasteiger partial charge >= 0.3 is 0 Å². The summed E-state index contributed by atoms with van der Waals surface area (Å²) in [7, 11) is 3.21. The highest BCUT2D eigenvalue weighted by Crippen LogP contribution is 2.52. The number of aliphatic hydroxyl groups excluding tert-OH is 2. The zero-order chi connectivity index (χ0) is 28.8. The molecule has 6 N–H and O–H groups in total. The first kappa shape index (κ1) is 26.5. The second-order valence-electron chi connectivity index (χ2n) is 11.9. The molecule has 10 heteroatoms. The predicted molar refractivity (Wildman–Crippen MR) is 146 cm³/mol. The Kier molecular flexibility index (Phi) is 5.89. The fraction of sp³-hybridized carbons (Fsp3) is 0.433. The topological polar surface area (TPSA) is 165 Å². The average Bonchev–Trinajstić information content (AvgIpc) is 2.88. The van der Waals surface area contributed by atoms with Crippen LogP contribution in [0.5, 0.6) is 5.75 Å². The Morgan fingerprint density at radius 3 is 2.50 bits per heavy atom. The van der Waals surface area contributed by atoms with Crippen molar-refractivity contribution in [3.63, 3.8) is 0 Å². The van der Waals surface area contributed by atoms with Crippen molar-refractivity contribution in [1.82, 2.24) is 9.80 Å². The molecule has 0 radical (unpaired) electrons. The molecule has 2 aromatic rings. The minimum Gasteiger partial charge on any atom is -0.510 e. The van der Waals surface area contributed by atoms with Gasteiger partial charge in [0.05, 0.1) is 11.6 Å². The standard InChI is InChI=1S/C30H33N3O7/c1-13-6-7-33(13)12-14-4-5-15-9-16-10-17-11-19-23(32(2)3)26(36)22(29(31)39)28(38)30(19,40)27(37)21(17)25(35)20(16)24(34)18(15)8-14/h4-5,8-9,13,17,19,23,34,36-37,40H,6-7,10-12H2,1-3H3,(H2,31,39)/t13?,17-,19-,23-,30-/m0/s1. The Morgan fingerprint density at radius 1 is 1.18 bits per heavy atom. The van der Waals surface area contributed by atoms with Gasteiger partial charge in [-0.2, -0.15) is 0 Å². The quantitative estimate of drug-likeness (QED) is 0.359. The van der Waals surface area contributed by atoms with E-state index in [-0.39, 0.29) is 29.7 Å². The Bertz CT molecular complexity index is 1570. The van der Waals surface area contributed by atoms with E-state index >= 15 is 0 Å². The van der Waals surface area contributed by atoms with Gasteiger partial charge in [-0.05, 0) is 68.8 Å². The molecule has 0 bridgehead atoms. The van der Waals surface area contributed by atoms with Crippen molar-refractivity contribution in [3.05, 3.63) is 63.6 Å². The van der Waals surface area contributed by atoms with E-state index < -0.39 is 58.0 Å². The molecule has 1 aliphatic heterocycles. The number of likely N-dealkylation sites (N-methyl/N-ethyl adjacent to an activating group) is 1. The predicted octanol–water partition coefficient (Wildman–Crippen LogP) is 1.87. The first-order valence-electron chi connectivity index (χ1n) is 13.5. The van der Waals surface area contributed by atoms with Gasteiger partial charge in [0, 0.05) is 36.0 Å². The Morgan fingerprint density at radius 2 is 1.90 bits per heavy atom. The van der Waals surface area contributed by atoms with Crippen molar-refractivity contribution < 1.29 is 34.8 Å². The number of phenolic OH excluding ortho intramolecular Hbond substituents is 1. The number of aliphatic hydroxyl groups is 3. The number of rotatable bonds is 4. The van der Waals surface area contributed by atoms with Crippen molar-refractivity contribution >= 4 is 28.2 Å². The number of phenols is 1. The van der Waals surface area contributed by atoms with E-state index in [0.29, 0.717) is 17.0 Å². The van der Waals surface area contributed by atoms with Gasteiger partial charge in [-0.3, -0.25) is 24.2 Å². The van der Waals surface area contributed by atoms with Crippen molar-refractivity contribution in [2.45, 2.75) is 50.4 Å². The van der Waals surface area contributed by atoms with Crippen LogP contribution in [0.1, 0.15) is 41.3 Å². The van der Waals surface area contributed by atoms with Crippen LogP contribution >= 0.6 is 0 Å². The highest BCUT2D eigenvalue weighted by molar-refractivity contribution is 6.25. The number of Topliss-reactive ketones (excluding diaryl/α,β-unsaturated/α-hetero) is 2. The van der Waals surface area contributed by atoms with Crippen LogP contribution in [0.4, 0.5) is 0 Å². The van der Waals surface area contributed by atoms with E-state index in [1.807, 2.05) is 24.3 Å². The molecule has 6 rings (SSSR count). The maximum Gasteiger partial charge on any atom is 0.255 e. The van der Waals surface area contributed by atoms with Gasteiger partial charge in [0.25, 0.3) is 5.91 Å². The van der Waals surface area contributed by atoms with Crippen molar-refractivity contribution in [3.8, 4) is 5.75 Å². The number of amides is 1. The second-order valence-corrected chi connectivity index (χ2v) is 11.9. The number of aromatic hydroxyl groups is 1. The van der Waals surface area contributed by atoms with Crippen molar-refractivity contribution in [1.29, 1.82) is 0 Å². The Hall–Kier alpha value is -3.73. The van der Waals surface area contributed by atoms with Crippen LogP contribution in [0.3, 0.4) is 0 Å². The van der Waals surface area contributed by atoms with Crippen LogP contribution < -0.4 is 5.73 Å². The number of nitrogens with two attached hydrogens (primary N) is 1. The lowest BCUT2D eigenvalue weighted by Crippen LogP contribution is -2.63. The molecule has 4 aliphatic rings. The number of allylic oxidation sites excluding steroid dienone is 1. The highest BCUT2D eigenvalue weighted by atomic mass is 16.3. The molecule has 2 aromatic carbocycles. The molecule has 0 spiro atoms. The third-order valence-corrected chi connectivity index (χ3v) is 9.43. The van der Waals surface area contributed by atoms with E-state index in [2.05, 4.69) is 11.8 Å². The summed E-state index contributed by atoms with van der Waals surface area (Å²) >= 11 is 0. The van der Waals surface area contributed by atoms with Gasteiger partial charge in [0.2, 0.25) is 5.78 Å². The molecule has 0 saturated carbocycles. The number of primary amides is 1. The number of hydrogen-bond donors (Lipinski definition) is 5. The summed E-state index contributed by atoms with van der Waals surface area (Å²) in [6.07, 6.45) is 1.48. The van der Waals surface area contributed by atoms with E-state index in [4.69, 9.17) is 5.73 Å². The number of likely N-dealkylation sites (tertiary alicyclic amines) is 1. The van der Waals surface area contributed by atoms with Crippen LogP contribution in [-0.4, -0.2) is 86.0 Å². The normalized spacial score (nSPS) is 30.3. The van der Waals surface area contributed by atoms with Crippen LogP contribution in [0.15, 0.2) is 46.9 Å². The summed E-state index contributed by atoms with van der Waals surface area (Å²) in [6.45, 7) is 3.89. The summed E-state index contributed by atoms with van der Waals surface area (Å²) in [6, 6.07) is 7.16. The molecular formula is C30H33N3O7. The number of carbonyl (C=O) groups excluding carboxylic acids is 3. The number of fused-ring (bicyclic) bond motifs is 4. The lowest BCUT2D eigenvalue weighted by Gasteiger charge is -2.50.